The first-order chi connectivity index (χ1) is 9.54. The van der Waals surface area contributed by atoms with E-state index in [-0.39, 0.29) is 22.3 Å². The van der Waals surface area contributed by atoms with E-state index in [0.717, 1.165) is 12.1 Å². The molecule has 1 unspecified atom stereocenters. The van der Waals surface area contributed by atoms with E-state index in [9.17, 15) is 18.0 Å². The molecular formula is C12H15F3N4OS. The number of anilines is 1. The highest BCUT2D eigenvalue weighted by Gasteiger charge is 2.33. The second-order valence-electron chi connectivity index (χ2n) is 4.55. The first kappa shape index (κ1) is 17.2. The molecule has 1 aromatic heterocycles. The number of halogens is 3. The maximum atomic E-state index is 12.7. The van der Waals surface area contributed by atoms with Crippen LogP contribution < -0.4 is 11.1 Å². The number of nitrogens with two attached hydrogens (primary N) is 1. The first-order valence-electron chi connectivity index (χ1n) is 5.89. The van der Waals surface area contributed by atoms with E-state index >= 15 is 0 Å². The molecule has 1 atom stereocenters. The van der Waals surface area contributed by atoms with Gasteiger partial charge < -0.3 is 16.0 Å². The number of carbonyl (C=O) groups is 1. The molecule has 1 rings (SSSR count). The lowest BCUT2D eigenvalue weighted by Gasteiger charge is -2.20. The van der Waals surface area contributed by atoms with Crippen molar-refractivity contribution in [3.05, 3.63) is 23.4 Å². The van der Waals surface area contributed by atoms with Crippen LogP contribution in [-0.2, 0) is 11.0 Å². The number of thiocarbonyl (C=S) groups is 1. The maximum Gasteiger partial charge on any atom is 0.433 e. The number of alkyl halides is 3. The lowest BCUT2D eigenvalue weighted by Crippen LogP contribution is -2.37. The minimum absolute atomic E-state index is 0.108. The number of pyridine rings is 1. The Morgan fingerprint density at radius 3 is 2.43 bits per heavy atom. The SMILES string of the molecule is CC(Nc1nc(C(F)(F)F)ccc1C(N)=S)C(=O)N(C)C. The van der Waals surface area contributed by atoms with Crippen LogP contribution >= 0.6 is 12.2 Å². The third-order valence-electron chi connectivity index (χ3n) is 2.62. The molecule has 0 fully saturated rings. The first-order valence-corrected chi connectivity index (χ1v) is 6.30. The van der Waals surface area contributed by atoms with Crippen molar-refractivity contribution in [2.24, 2.45) is 5.73 Å². The normalized spacial score (nSPS) is 12.7. The van der Waals surface area contributed by atoms with Gasteiger partial charge in [0, 0.05) is 14.1 Å². The molecule has 0 aliphatic heterocycles. The fourth-order valence-electron chi connectivity index (χ4n) is 1.58. The van der Waals surface area contributed by atoms with Crippen molar-refractivity contribution in [2.45, 2.75) is 19.1 Å². The van der Waals surface area contributed by atoms with E-state index in [4.69, 9.17) is 18.0 Å². The van der Waals surface area contributed by atoms with E-state index < -0.39 is 17.9 Å². The fraction of sp³-hybridized carbons (Fsp3) is 0.417. The van der Waals surface area contributed by atoms with E-state index in [1.807, 2.05) is 0 Å². The Morgan fingerprint density at radius 2 is 2.00 bits per heavy atom. The second kappa shape index (κ2) is 6.25. The number of aromatic nitrogens is 1. The third-order valence-corrected chi connectivity index (χ3v) is 2.84. The van der Waals surface area contributed by atoms with Gasteiger partial charge in [-0.25, -0.2) is 4.98 Å². The summed E-state index contributed by atoms with van der Waals surface area (Å²) in [5.41, 5.74) is 4.52. The van der Waals surface area contributed by atoms with Gasteiger partial charge in [-0.2, -0.15) is 13.2 Å². The smallest absolute Gasteiger partial charge is 0.389 e. The quantitative estimate of drug-likeness (QED) is 0.825. The molecule has 1 aromatic rings. The third kappa shape index (κ3) is 4.28. The maximum absolute atomic E-state index is 12.7. The molecule has 0 aliphatic carbocycles. The minimum Gasteiger partial charge on any atom is -0.389 e. The molecular weight excluding hydrogens is 305 g/mol. The Morgan fingerprint density at radius 1 is 1.43 bits per heavy atom. The highest BCUT2D eigenvalue weighted by atomic mass is 32.1. The van der Waals surface area contributed by atoms with Gasteiger partial charge in [-0.15, -0.1) is 0 Å². The lowest BCUT2D eigenvalue weighted by molar-refractivity contribution is -0.141. The molecule has 1 heterocycles. The van der Waals surface area contributed by atoms with Crippen LogP contribution in [0.2, 0.25) is 0 Å². The summed E-state index contributed by atoms with van der Waals surface area (Å²) < 4.78 is 38.1. The summed E-state index contributed by atoms with van der Waals surface area (Å²) >= 11 is 4.78. The van der Waals surface area contributed by atoms with Crippen LogP contribution in [-0.4, -0.2) is 40.9 Å². The van der Waals surface area contributed by atoms with Crippen molar-refractivity contribution >= 4 is 28.9 Å². The van der Waals surface area contributed by atoms with E-state index in [1.165, 1.54) is 25.9 Å². The topological polar surface area (TPSA) is 71.2 Å². The molecule has 0 saturated heterocycles. The molecule has 0 radical (unpaired) electrons. The number of hydrogen-bond acceptors (Lipinski definition) is 4. The number of amides is 1. The zero-order valence-corrected chi connectivity index (χ0v) is 12.5. The van der Waals surface area contributed by atoms with Gasteiger partial charge in [-0.05, 0) is 19.1 Å². The summed E-state index contributed by atoms with van der Waals surface area (Å²) in [6, 6.07) is 1.15. The van der Waals surface area contributed by atoms with Crippen LogP contribution in [0.15, 0.2) is 12.1 Å². The fourth-order valence-corrected chi connectivity index (χ4v) is 1.74. The number of rotatable bonds is 4. The van der Waals surface area contributed by atoms with Gasteiger partial charge in [0.1, 0.15) is 22.5 Å². The summed E-state index contributed by atoms with van der Waals surface area (Å²) in [7, 11) is 3.07. The Kier molecular flexibility index (Phi) is 5.10. The van der Waals surface area contributed by atoms with Crippen molar-refractivity contribution in [2.75, 3.05) is 19.4 Å². The molecule has 1 amide bonds. The summed E-state index contributed by atoms with van der Waals surface area (Å²) in [5.74, 6) is -0.483. The van der Waals surface area contributed by atoms with Gasteiger partial charge in [0.2, 0.25) is 5.91 Å². The van der Waals surface area contributed by atoms with Gasteiger partial charge in [0.25, 0.3) is 0 Å². The molecule has 0 saturated carbocycles. The van der Waals surface area contributed by atoms with Crippen molar-refractivity contribution in [1.29, 1.82) is 0 Å². The zero-order valence-electron chi connectivity index (χ0n) is 11.7. The summed E-state index contributed by atoms with van der Waals surface area (Å²) in [4.78, 5) is 16.4. The Labute approximate surface area is 125 Å². The molecule has 0 aliphatic rings. The molecule has 0 aromatic carbocycles. The predicted octanol–water partition coefficient (Wildman–Crippen LogP) is 1.62. The van der Waals surface area contributed by atoms with Crippen molar-refractivity contribution in [3.8, 4) is 0 Å². The van der Waals surface area contributed by atoms with E-state index in [2.05, 4.69) is 10.3 Å². The average Bonchev–Trinajstić information content (AvgIpc) is 2.36. The van der Waals surface area contributed by atoms with Crippen molar-refractivity contribution < 1.29 is 18.0 Å². The average molecular weight is 320 g/mol. The Balaban J connectivity index is 3.19. The van der Waals surface area contributed by atoms with Gasteiger partial charge in [0.05, 0.1) is 5.56 Å². The summed E-state index contributed by atoms with van der Waals surface area (Å²) in [5, 5.41) is 2.62. The number of nitrogens with one attached hydrogen (secondary N) is 1. The largest absolute Gasteiger partial charge is 0.433 e. The van der Waals surface area contributed by atoms with Gasteiger partial charge in [0.15, 0.2) is 0 Å². The Bertz CT molecular complexity index is 560. The van der Waals surface area contributed by atoms with Crippen LogP contribution in [0.3, 0.4) is 0 Å². The molecule has 21 heavy (non-hydrogen) atoms. The van der Waals surface area contributed by atoms with E-state index in [1.54, 1.807) is 0 Å². The molecule has 0 bridgehead atoms. The van der Waals surface area contributed by atoms with Gasteiger partial charge in [-0.3, -0.25) is 4.79 Å². The molecule has 3 N–H and O–H groups in total. The predicted molar refractivity (Wildman–Crippen MR) is 76.9 cm³/mol. The number of carbonyl (C=O) groups excluding carboxylic acids is 1. The highest BCUT2D eigenvalue weighted by Crippen LogP contribution is 2.29. The molecule has 5 nitrogen and oxygen atoms in total. The molecule has 0 spiro atoms. The van der Waals surface area contributed by atoms with Gasteiger partial charge >= 0.3 is 6.18 Å². The van der Waals surface area contributed by atoms with Crippen LogP contribution in [0.1, 0.15) is 18.2 Å². The van der Waals surface area contributed by atoms with E-state index in [0.29, 0.717) is 0 Å². The van der Waals surface area contributed by atoms with Crippen LogP contribution in [0.5, 0.6) is 0 Å². The zero-order chi connectivity index (χ0) is 16.4. The molecule has 116 valence electrons. The summed E-state index contributed by atoms with van der Waals surface area (Å²) in [6.45, 7) is 1.51. The minimum atomic E-state index is -4.60. The Hall–Kier alpha value is -1.90. The standard InChI is InChI=1S/C12H15F3N4OS/c1-6(11(20)19(2)3)17-10-7(9(16)21)4-5-8(18-10)12(13,14)15/h4-6H,1-3H3,(H2,16,21)(H,17,18). The van der Waals surface area contributed by atoms with Crippen LogP contribution in [0.4, 0.5) is 19.0 Å². The lowest BCUT2D eigenvalue weighted by atomic mass is 10.2. The second-order valence-corrected chi connectivity index (χ2v) is 4.99. The van der Waals surface area contributed by atoms with Crippen molar-refractivity contribution in [1.82, 2.24) is 9.88 Å². The van der Waals surface area contributed by atoms with Crippen molar-refractivity contribution in [3.63, 3.8) is 0 Å². The molecule has 9 heteroatoms. The number of likely N-dealkylation sites (N-methyl/N-ethyl adjacent to an activating group) is 1. The van der Waals surface area contributed by atoms with Crippen LogP contribution in [0.25, 0.3) is 0 Å². The highest BCUT2D eigenvalue weighted by molar-refractivity contribution is 7.80. The van der Waals surface area contributed by atoms with Gasteiger partial charge in [-0.1, -0.05) is 12.2 Å². The summed E-state index contributed by atoms with van der Waals surface area (Å²) in [6.07, 6.45) is -4.60. The monoisotopic (exact) mass is 320 g/mol. The number of hydrogen-bond donors (Lipinski definition) is 2. The van der Waals surface area contributed by atoms with Crippen LogP contribution in [0, 0.1) is 0 Å². The number of nitrogens with zero attached hydrogens (tertiary/aromatic N) is 2.